The predicted molar refractivity (Wildman–Crippen MR) is 55.5 cm³/mol. The van der Waals surface area contributed by atoms with Crippen molar-refractivity contribution < 1.29 is 14.3 Å². The smallest absolute Gasteiger partial charge is 0.320 e. The van der Waals surface area contributed by atoms with Crippen LogP contribution in [-0.2, 0) is 14.3 Å². The molecule has 1 aliphatic heterocycles. The Balaban J connectivity index is 1.69. The summed E-state index contributed by atoms with van der Waals surface area (Å²) in [5.41, 5.74) is 0. The molecule has 0 N–H and O–H groups in total. The summed E-state index contributed by atoms with van der Waals surface area (Å²) in [6.07, 6.45) is 6.01. The molecule has 1 atom stereocenters. The molecule has 1 aliphatic carbocycles. The van der Waals surface area contributed by atoms with Gasteiger partial charge in [-0.25, -0.2) is 0 Å². The number of allylic oxidation sites excluding steroid dienone is 1. The fraction of sp³-hybridized carbons (Fsp3) is 0.727. The monoisotopic (exact) mass is 211 g/mol. The average Bonchev–Trinajstić information content (AvgIpc) is 2.71. The summed E-state index contributed by atoms with van der Waals surface area (Å²) in [5.74, 6) is -0.117. The van der Waals surface area contributed by atoms with Crippen LogP contribution in [0.1, 0.15) is 12.8 Å². The molecule has 1 heterocycles. The van der Waals surface area contributed by atoms with Crippen LogP contribution in [-0.4, -0.2) is 49.8 Å². The predicted octanol–water partition coefficient (Wildman–Crippen LogP) is 0.580. The van der Waals surface area contributed by atoms with Crippen molar-refractivity contribution in [1.29, 1.82) is 0 Å². The zero-order valence-electron chi connectivity index (χ0n) is 8.85. The molecule has 1 unspecified atom stereocenters. The lowest BCUT2D eigenvalue weighted by molar-refractivity contribution is -0.149. The van der Waals surface area contributed by atoms with E-state index in [0.717, 1.165) is 39.1 Å². The van der Waals surface area contributed by atoms with Gasteiger partial charge < -0.3 is 9.47 Å². The Morgan fingerprint density at radius 3 is 2.93 bits per heavy atom. The first-order chi connectivity index (χ1) is 7.34. The third-order valence-electron chi connectivity index (χ3n) is 2.71. The van der Waals surface area contributed by atoms with Gasteiger partial charge in [-0.05, 0) is 18.9 Å². The van der Waals surface area contributed by atoms with Crippen LogP contribution in [0.5, 0.6) is 0 Å². The van der Waals surface area contributed by atoms with Gasteiger partial charge in [0.25, 0.3) is 0 Å². The maximum absolute atomic E-state index is 11.5. The Bertz CT molecular complexity index is 246. The Morgan fingerprint density at radius 2 is 2.27 bits per heavy atom. The van der Waals surface area contributed by atoms with Crippen molar-refractivity contribution in [3.63, 3.8) is 0 Å². The quantitative estimate of drug-likeness (QED) is 0.505. The zero-order valence-corrected chi connectivity index (χ0v) is 8.85. The van der Waals surface area contributed by atoms with Gasteiger partial charge in [0.15, 0.2) is 0 Å². The van der Waals surface area contributed by atoms with Crippen molar-refractivity contribution in [3.05, 3.63) is 12.2 Å². The second kappa shape index (κ2) is 5.28. The Hall–Kier alpha value is -0.870. The molecule has 0 saturated carbocycles. The maximum atomic E-state index is 11.5. The van der Waals surface area contributed by atoms with Gasteiger partial charge in [-0.1, -0.05) is 6.08 Å². The van der Waals surface area contributed by atoms with E-state index < -0.39 is 0 Å². The van der Waals surface area contributed by atoms with Gasteiger partial charge in [-0.15, -0.1) is 0 Å². The number of carbonyl (C=O) groups is 1. The van der Waals surface area contributed by atoms with Gasteiger partial charge in [0, 0.05) is 13.1 Å². The van der Waals surface area contributed by atoms with Crippen LogP contribution in [0.4, 0.5) is 0 Å². The zero-order chi connectivity index (χ0) is 10.5. The van der Waals surface area contributed by atoms with Crippen molar-refractivity contribution in [1.82, 2.24) is 4.90 Å². The minimum absolute atomic E-state index is 0.0125. The van der Waals surface area contributed by atoms with E-state index in [4.69, 9.17) is 9.47 Å². The van der Waals surface area contributed by atoms with E-state index in [-0.39, 0.29) is 12.1 Å². The van der Waals surface area contributed by atoms with Gasteiger partial charge in [-0.2, -0.15) is 0 Å². The van der Waals surface area contributed by atoms with Gasteiger partial charge in [0.2, 0.25) is 0 Å². The van der Waals surface area contributed by atoms with E-state index in [2.05, 4.69) is 11.0 Å². The molecule has 2 aliphatic rings. The van der Waals surface area contributed by atoms with E-state index in [1.54, 1.807) is 0 Å². The first-order valence-electron chi connectivity index (χ1n) is 5.51. The summed E-state index contributed by atoms with van der Waals surface area (Å²) in [7, 11) is 0. The van der Waals surface area contributed by atoms with Crippen LogP contribution >= 0.6 is 0 Å². The Morgan fingerprint density at radius 1 is 1.47 bits per heavy atom. The van der Waals surface area contributed by atoms with E-state index >= 15 is 0 Å². The number of nitrogens with zero attached hydrogens (tertiary/aromatic N) is 1. The lowest BCUT2D eigenvalue weighted by Gasteiger charge is -2.25. The molecule has 2 rings (SSSR count). The number of ether oxygens (including phenoxy) is 2. The second-order valence-electron chi connectivity index (χ2n) is 3.92. The standard InChI is InChI=1S/C11H17NO3/c13-11(15-10-3-1-2-4-10)9-12-5-7-14-8-6-12/h1,3,10H,2,4-9H2. The van der Waals surface area contributed by atoms with Crippen LogP contribution in [0, 0.1) is 0 Å². The Labute approximate surface area is 89.8 Å². The van der Waals surface area contributed by atoms with Crippen LogP contribution in [0.15, 0.2) is 12.2 Å². The normalized spacial score (nSPS) is 26.8. The summed E-state index contributed by atoms with van der Waals surface area (Å²) in [6, 6.07) is 0. The highest BCUT2D eigenvalue weighted by Crippen LogP contribution is 2.13. The third kappa shape index (κ3) is 3.32. The lowest BCUT2D eigenvalue weighted by Crippen LogP contribution is -2.40. The highest BCUT2D eigenvalue weighted by atomic mass is 16.5. The van der Waals surface area contributed by atoms with E-state index in [9.17, 15) is 4.79 Å². The molecular formula is C11H17NO3. The average molecular weight is 211 g/mol. The highest BCUT2D eigenvalue weighted by Gasteiger charge is 2.18. The number of rotatable bonds is 3. The summed E-state index contributed by atoms with van der Waals surface area (Å²) in [4.78, 5) is 13.6. The van der Waals surface area contributed by atoms with Crippen LogP contribution < -0.4 is 0 Å². The second-order valence-corrected chi connectivity index (χ2v) is 3.92. The molecule has 84 valence electrons. The number of hydrogen-bond donors (Lipinski definition) is 0. The number of hydrogen-bond acceptors (Lipinski definition) is 4. The highest BCUT2D eigenvalue weighted by molar-refractivity contribution is 5.72. The molecule has 1 fully saturated rings. The summed E-state index contributed by atoms with van der Waals surface area (Å²) >= 11 is 0. The SMILES string of the molecule is O=C(CN1CCOCC1)OC1C=CCC1. The first-order valence-corrected chi connectivity index (χ1v) is 5.51. The molecule has 0 spiro atoms. The van der Waals surface area contributed by atoms with E-state index in [1.165, 1.54) is 0 Å². The molecule has 0 bridgehead atoms. The first kappa shape index (κ1) is 10.6. The number of morpholine rings is 1. The van der Waals surface area contributed by atoms with Crippen LogP contribution in [0.2, 0.25) is 0 Å². The van der Waals surface area contributed by atoms with Gasteiger partial charge in [0.1, 0.15) is 6.10 Å². The summed E-state index contributed by atoms with van der Waals surface area (Å²) in [5, 5.41) is 0. The fourth-order valence-electron chi connectivity index (χ4n) is 1.85. The third-order valence-corrected chi connectivity index (χ3v) is 2.71. The largest absolute Gasteiger partial charge is 0.457 e. The van der Waals surface area contributed by atoms with Crippen molar-refractivity contribution in [3.8, 4) is 0 Å². The van der Waals surface area contributed by atoms with Crippen LogP contribution in [0.25, 0.3) is 0 Å². The van der Waals surface area contributed by atoms with E-state index in [1.807, 2.05) is 6.08 Å². The molecule has 1 saturated heterocycles. The number of esters is 1. The molecule has 0 radical (unpaired) electrons. The minimum Gasteiger partial charge on any atom is -0.457 e. The molecule has 0 amide bonds. The van der Waals surface area contributed by atoms with Crippen molar-refractivity contribution in [2.24, 2.45) is 0 Å². The summed E-state index contributed by atoms with van der Waals surface area (Å²) in [6.45, 7) is 3.49. The molecular weight excluding hydrogens is 194 g/mol. The fourth-order valence-corrected chi connectivity index (χ4v) is 1.85. The van der Waals surface area contributed by atoms with Crippen molar-refractivity contribution in [2.75, 3.05) is 32.8 Å². The molecule has 4 nitrogen and oxygen atoms in total. The van der Waals surface area contributed by atoms with Gasteiger partial charge >= 0.3 is 5.97 Å². The molecule has 15 heavy (non-hydrogen) atoms. The molecule has 0 aromatic rings. The minimum atomic E-state index is -0.117. The summed E-state index contributed by atoms with van der Waals surface area (Å²) < 4.78 is 10.5. The molecule has 0 aromatic heterocycles. The molecule has 0 aromatic carbocycles. The Kier molecular flexibility index (Phi) is 3.75. The van der Waals surface area contributed by atoms with Gasteiger partial charge in [0.05, 0.1) is 19.8 Å². The van der Waals surface area contributed by atoms with Crippen LogP contribution in [0.3, 0.4) is 0 Å². The topological polar surface area (TPSA) is 38.8 Å². The number of carbonyl (C=O) groups excluding carboxylic acids is 1. The lowest BCUT2D eigenvalue weighted by atomic mass is 10.3. The van der Waals surface area contributed by atoms with Gasteiger partial charge in [-0.3, -0.25) is 9.69 Å². The van der Waals surface area contributed by atoms with Crippen molar-refractivity contribution in [2.45, 2.75) is 18.9 Å². The molecule has 4 heteroatoms. The van der Waals surface area contributed by atoms with E-state index in [0.29, 0.717) is 6.54 Å². The van der Waals surface area contributed by atoms with Crippen molar-refractivity contribution >= 4 is 5.97 Å². The maximum Gasteiger partial charge on any atom is 0.320 e.